The molecule has 0 spiro atoms. The average Bonchev–Trinajstić information content (AvgIpc) is 3.04. The summed E-state index contributed by atoms with van der Waals surface area (Å²) in [5.74, 6) is -0.0664. The largest absolute Gasteiger partial charge is 0.350 e. The molecule has 28 heavy (non-hydrogen) atoms. The molecule has 1 aliphatic rings. The van der Waals surface area contributed by atoms with Crippen LogP contribution in [0.25, 0.3) is 11.0 Å². The SMILES string of the molecule is O=C(NC[C@H](c1ccccc1)N1CCCCCC1)c1ccc2nccnc2c1. The van der Waals surface area contributed by atoms with Crippen molar-refractivity contribution < 1.29 is 4.79 Å². The van der Waals surface area contributed by atoms with E-state index in [2.05, 4.69) is 44.5 Å². The number of aromatic nitrogens is 2. The number of carbonyl (C=O) groups excluding carboxylic acids is 1. The zero-order valence-electron chi connectivity index (χ0n) is 16.1. The standard InChI is InChI=1S/C23H26N4O/c28-23(19-10-11-20-21(16-19)25-13-12-24-20)26-17-22(18-8-4-3-5-9-18)27-14-6-1-2-7-15-27/h3-5,8-13,16,22H,1-2,6-7,14-15,17H2,(H,26,28)/t22-/m1/s1. The lowest BCUT2D eigenvalue weighted by Gasteiger charge is -2.31. The Morgan fingerprint density at radius 1 is 0.929 bits per heavy atom. The van der Waals surface area contributed by atoms with Crippen LogP contribution < -0.4 is 5.32 Å². The van der Waals surface area contributed by atoms with Gasteiger partial charge in [-0.25, -0.2) is 0 Å². The van der Waals surface area contributed by atoms with Gasteiger partial charge in [-0.3, -0.25) is 19.7 Å². The number of carbonyl (C=O) groups is 1. The molecule has 2 heterocycles. The fourth-order valence-corrected chi connectivity index (χ4v) is 3.94. The van der Waals surface area contributed by atoms with Crippen molar-refractivity contribution in [2.45, 2.75) is 31.7 Å². The first-order chi connectivity index (χ1) is 13.8. The molecular formula is C23H26N4O. The highest BCUT2D eigenvalue weighted by Crippen LogP contribution is 2.24. The number of hydrogen-bond donors (Lipinski definition) is 1. The first-order valence-electron chi connectivity index (χ1n) is 10.1. The second-order valence-electron chi connectivity index (χ2n) is 7.35. The fourth-order valence-electron chi connectivity index (χ4n) is 3.94. The Bertz CT molecular complexity index is 920. The van der Waals surface area contributed by atoms with Gasteiger partial charge < -0.3 is 5.32 Å². The minimum absolute atomic E-state index is 0.0664. The minimum atomic E-state index is -0.0664. The molecule has 1 saturated heterocycles. The Kier molecular flexibility index (Phi) is 5.92. The maximum atomic E-state index is 12.8. The third-order valence-electron chi connectivity index (χ3n) is 5.45. The first kappa shape index (κ1) is 18.6. The molecule has 1 fully saturated rings. The van der Waals surface area contributed by atoms with Crippen LogP contribution in [0.3, 0.4) is 0 Å². The fraction of sp³-hybridized carbons (Fsp3) is 0.348. The van der Waals surface area contributed by atoms with Crippen molar-refractivity contribution in [1.29, 1.82) is 0 Å². The molecule has 5 nitrogen and oxygen atoms in total. The summed E-state index contributed by atoms with van der Waals surface area (Å²) in [6.07, 6.45) is 8.34. The summed E-state index contributed by atoms with van der Waals surface area (Å²) in [6.45, 7) is 2.77. The zero-order valence-corrected chi connectivity index (χ0v) is 16.1. The summed E-state index contributed by atoms with van der Waals surface area (Å²) in [4.78, 5) is 23.9. The first-order valence-corrected chi connectivity index (χ1v) is 10.1. The summed E-state index contributed by atoms with van der Waals surface area (Å²) in [7, 11) is 0. The van der Waals surface area contributed by atoms with Crippen molar-refractivity contribution in [3.63, 3.8) is 0 Å². The lowest BCUT2D eigenvalue weighted by atomic mass is 10.0. The van der Waals surface area contributed by atoms with E-state index in [0.717, 1.165) is 24.1 Å². The van der Waals surface area contributed by atoms with Gasteiger partial charge in [0, 0.05) is 24.5 Å². The maximum Gasteiger partial charge on any atom is 0.251 e. The van der Waals surface area contributed by atoms with Crippen LogP contribution in [-0.2, 0) is 0 Å². The van der Waals surface area contributed by atoms with Crippen LogP contribution in [0.2, 0.25) is 0 Å². The van der Waals surface area contributed by atoms with Crippen LogP contribution in [0.5, 0.6) is 0 Å². The predicted molar refractivity (Wildman–Crippen MR) is 111 cm³/mol. The second-order valence-corrected chi connectivity index (χ2v) is 7.35. The van der Waals surface area contributed by atoms with Gasteiger partial charge in [-0.15, -0.1) is 0 Å². The summed E-state index contributed by atoms with van der Waals surface area (Å²) in [6, 6.07) is 16.2. The number of hydrogen-bond acceptors (Lipinski definition) is 4. The molecule has 2 aromatic carbocycles. The van der Waals surface area contributed by atoms with Crippen LogP contribution in [0, 0.1) is 0 Å². The van der Waals surface area contributed by atoms with Gasteiger partial charge in [0.25, 0.3) is 5.91 Å². The zero-order chi connectivity index (χ0) is 19.2. The molecule has 0 unspecified atom stereocenters. The Morgan fingerprint density at radius 2 is 1.64 bits per heavy atom. The third-order valence-corrected chi connectivity index (χ3v) is 5.45. The van der Waals surface area contributed by atoms with Crippen LogP contribution in [-0.4, -0.2) is 40.4 Å². The Balaban J connectivity index is 1.50. The molecule has 1 amide bonds. The van der Waals surface area contributed by atoms with Gasteiger partial charge in [0.05, 0.1) is 17.1 Å². The Hall–Kier alpha value is -2.79. The summed E-state index contributed by atoms with van der Waals surface area (Å²) >= 11 is 0. The van der Waals surface area contributed by atoms with Gasteiger partial charge in [0.1, 0.15) is 0 Å². The van der Waals surface area contributed by atoms with E-state index in [1.165, 1.54) is 31.2 Å². The summed E-state index contributed by atoms with van der Waals surface area (Å²) < 4.78 is 0. The Morgan fingerprint density at radius 3 is 2.39 bits per heavy atom. The topological polar surface area (TPSA) is 58.1 Å². The lowest BCUT2D eigenvalue weighted by molar-refractivity contribution is 0.0933. The van der Waals surface area contributed by atoms with E-state index in [0.29, 0.717) is 12.1 Å². The maximum absolute atomic E-state index is 12.8. The molecule has 0 bridgehead atoms. The highest BCUT2D eigenvalue weighted by Gasteiger charge is 2.22. The predicted octanol–water partition coefficient (Wildman–Crippen LogP) is 3.98. The van der Waals surface area contributed by atoms with E-state index in [4.69, 9.17) is 0 Å². The van der Waals surface area contributed by atoms with Crippen LogP contribution in [0.1, 0.15) is 47.6 Å². The van der Waals surface area contributed by atoms with Crippen molar-refractivity contribution in [3.05, 3.63) is 72.1 Å². The van der Waals surface area contributed by atoms with Crippen LogP contribution in [0.4, 0.5) is 0 Å². The minimum Gasteiger partial charge on any atom is -0.350 e. The number of amides is 1. The molecule has 1 N–H and O–H groups in total. The van der Waals surface area contributed by atoms with Crippen molar-refractivity contribution in [2.75, 3.05) is 19.6 Å². The molecular weight excluding hydrogens is 348 g/mol. The number of fused-ring (bicyclic) bond motifs is 1. The van der Waals surface area contributed by atoms with Gasteiger partial charge >= 0.3 is 0 Å². The van der Waals surface area contributed by atoms with Gasteiger partial charge in [-0.1, -0.05) is 43.2 Å². The van der Waals surface area contributed by atoms with Gasteiger partial charge in [0.15, 0.2) is 0 Å². The highest BCUT2D eigenvalue weighted by molar-refractivity contribution is 5.97. The van der Waals surface area contributed by atoms with Crippen molar-refractivity contribution in [2.24, 2.45) is 0 Å². The van der Waals surface area contributed by atoms with E-state index in [1.54, 1.807) is 18.5 Å². The second kappa shape index (κ2) is 8.93. The molecule has 0 saturated carbocycles. The highest BCUT2D eigenvalue weighted by atomic mass is 16.1. The van der Waals surface area contributed by atoms with Crippen molar-refractivity contribution >= 4 is 16.9 Å². The molecule has 4 rings (SSSR count). The molecule has 0 aliphatic carbocycles. The molecule has 3 aromatic rings. The summed E-state index contributed by atoms with van der Waals surface area (Å²) in [5.41, 5.74) is 3.41. The molecule has 1 aromatic heterocycles. The van der Waals surface area contributed by atoms with Crippen molar-refractivity contribution in [3.8, 4) is 0 Å². The summed E-state index contributed by atoms with van der Waals surface area (Å²) in [5, 5.41) is 3.15. The van der Waals surface area contributed by atoms with Crippen LogP contribution in [0.15, 0.2) is 60.9 Å². The van der Waals surface area contributed by atoms with E-state index in [1.807, 2.05) is 18.2 Å². The molecule has 5 heteroatoms. The average molecular weight is 374 g/mol. The number of benzene rings is 2. The van der Waals surface area contributed by atoms with E-state index in [9.17, 15) is 4.79 Å². The van der Waals surface area contributed by atoms with Crippen molar-refractivity contribution in [1.82, 2.24) is 20.2 Å². The number of nitrogens with zero attached hydrogens (tertiary/aromatic N) is 3. The normalized spacial score (nSPS) is 16.4. The number of likely N-dealkylation sites (tertiary alicyclic amines) is 1. The van der Waals surface area contributed by atoms with Gasteiger partial charge in [-0.05, 0) is 49.7 Å². The molecule has 144 valence electrons. The quantitative estimate of drug-likeness (QED) is 0.734. The van der Waals surface area contributed by atoms with E-state index >= 15 is 0 Å². The lowest BCUT2D eigenvalue weighted by Crippen LogP contribution is -2.38. The van der Waals surface area contributed by atoms with Gasteiger partial charge in [0.2, 0.25) is 0 Å². The van der Waals surface area contributed by atoms with E-state index in [-0.39, 0.29) is 11.9 Å². The van der Waals surface area contributed by atoms with Gasteiger partial charge in [-0.2, -0.15) is 0 Å². The Labute approximate surface area is 165 Å². The molecule has 1 atom stereocenters. The monoisotopic (exact) mass is 374 g/mol. The molecule has 0 radical (unpaired) electrons. The third kappa shape index (κ3) is 4.37. The number of nitrogens with one attached hydrogen (secondary N) is 1. The van der Waals surface area contributed by atoms with E-state index < -0.39 is 0 Å². The molecule has 1 aliphatic heterocycles. The number of rotatable bonds is 5. The smallest absolute Gasteiger partial charge is 0.251 e. The van der Waals surface area contributed by atoms with Crippen LogP contribution >= 0.6 is 0 Å².